The van der Waals surface area contributed by atoms with Gasteiger partial charge in [0.2, 0.25) is 15.9 Å². The summed E-state index contributed by atoms with van der Waals surface area (Å²) in [5.74, 6) is 0.987. The second kappa shape index (κ2) is 5.21. The molecule has 0 amide bonds. The minimum atomic E-state index is -3.54. The zero-order chi connectivity index (χ0) is 13.2. The first-order valence-corrected chi connectivity index (χ1v) is 7.41. The fourth-order valence-electron chi connectivity index (χ4n) is 1.34. The lowest BCUT2D eigenvalue weighted by molar-refractivity contribution is 0.463. The molecule has 0 unspecified atom stereocenters. The van der Waals surface area contributed by atoms with Crippen molar-refractivity contribution in [3.63, 3.8) is 0 Å². The Hall–Kier alpha value is -1.18. The predicted octanol–water partition coefficient (Wildman–Crippen LogP) is 2.22. The van der Waals surface area contributed by atoms with Crippen molar-refractivity contribution in [2.24, 2.45) is 0 Å². The summed E-state index contributed by atoms with van der Waals surface area (Å²) < 4.78 is 32.3. The topological polar surface area (TPSA) is 72.2 Å². The number of aryl methyl sites for hydroxylation is 1. The van der Waals surface area contributed by atoms with E-state index in [1.807, 2.05) is 0 Å². The van der Waals surface area contributed by atoms with Crippen molar-refractivity contribution in [1.29, 1.82) is 0 Å². The third kappa shape index (κ3) is 3.18. The highest BCUT2D eigenvalue weighted by Gasteiger charge is 2.14. The SMILES string of the molecule is Cc1cnc(CNS(=O)(=O)c2ccc(Br)cc2)o1. The number of aromatic nitrogens is 1. The van der Waals surface area contributed by atoms with E-state index >= 15 is 0 Å². The van der Waals surface area contributed by atoms with Crippen LogP contribution in [0, 0.1) is 6.92 Å². The fraction of sp³-hybridized carbons (Fsp3) is 0.182. The molecule has 7 heteroatoms. The van der Waals surface area contributed by atoms with E-state index in [4.69, 9.17) is 4.42 Å². The average molecular weight is 331 g/mol. The van der Waals surface area contributed by atoms with Crippen LogP contribution < -0.4 is 4.72 Å². The van der Waals surface area contributed by atoms with Gasteiger partial charge in [0, 0.05) is 4.47 Å². The fourth-order valence-corrected chi connectivity index (χ4v) is 2.58. The number of rotatable bonds is 4. The third-order valence-electron chi connectivity index (χ3n) is 2.21. The molecular formula is C11H11BrN2O3S. The Labute approximate surface area is 113 Å². The molecule has 18 heavy (non-hydrogen) atoms. The number of benzene rings is 1. The van der Waals surface area contributed by atoms with Crippen LogP contribution in [0.15, 0.2) is 44.2 Å². The molecule has 0 atom stereocenters. The number of halogens is 1. The lowest BCUT2D eigenvalue weighted by Gasteiger charge is -2.04. The van der Waals surface area contributed by atoms with Crippen LogP contribution in [0.2, 0.25) is 0 Å². The van der Waals surface area contributed by atoms with Gasteiger partial charge in [-0.25, -0.2) is 18.1 Å². The van der Waals surface area contributed by atoms with Crippen LogP contribution in [0.5, 0.6) is 0 Å². The van der Waals surface area contributed by atoms with E-state index in [1.165, 1.54) is 12.1 Å². The molecule has 1 N–H and O–H groups in total. The molecule has 0 spiro atoms. The second-order valence-corrected chi connectivity index (χ2v) is 6.33. The summed E-state index contributed by atoms with van der Waals surface area (Å²) in [6.45, 7) is 1.78. The Kier molecular flexibility index (Phi) is 3.84. The molecule has 1 aromatic heterocycles. The summed E-state index contributed by atoms with van der Waals surface area (Å²) in [5.41, 5.74) is 0. The third-order valence-corrected chi connectivity index (χ3v) is 4.15. The Morgan fingerprint density at radius 1 is 1.33 bits per heavy atom. The maximum Gasteiger partial charge on any atom is 0.241 e. The predicted molar refractivity (Wildman–Crippen MR) is 69.4 cm³/mol. The molecule has 2 aromatic rings. The van der Waals surface area contributed by atoms with Gasteiger partial charge in [-0.15, -0.1) is 0 Å². The Morgan fingerprint density at radius 3 is 2.56 bits per heavy atom. The summed E-state index contributed by atoms with van der Waals surface area (Å²) >= 11 is 3.25. The van der Waals surface area contributed by atoms with Crippen molar-refractivity contribution >= 4 is 26.0 Å². The van der Waals surface area contributed by atoms with E-state index in [2.05, 4.69) is 25.6 Å². The van der Waals surface area contributed by atoms with Gasteiger partial charge in [0.15, 0.2) is 0 Å². The Balaban J connectivity index is 2.10. The molecule has 0 aliphatic rings. The molecule has 5 nitrogen and oxygen atoms in total. The molecule has 2 rings (SSSR count). The summed E-state index contributed by atoms with van der Waals surface area (Å²) in [6, 6.07) is 6.38. The van der Waals surface area contributed by atoms with Crippen molar-refractivity contribution in [3.8, 4) is 0 Å². The van der Waals surface area contributed by atoms with Crippen LogP contribution in [-0.4, -0.2) is 13.4 Å². The maximum atomic E-state index is 11.9. The minimum absolute atomic E-state index is 0.0340. The van der Waals surface area contributed by atoms with Crippen molar-refractivity contribution < 1.29 is 12.8 Å². The molecule has 0 radical (unpaired) electrons. The highest BCUT2D eigenvalue weighted by molar-refractivity contribution is 9.10. The smallest absolute Gasteiger partial charge is 0.241 e. The van der Waals surface area contributed by atoms with E-state index in [1.54, 1.807) is 25.3 Å². The van der Waals surface area contributed by atoms with Gasteiger partial charge >= 0.3 is 0 Å². The molecule has 96 valence electrons. The minimum Gasteiger partial charge on any atom is -0.445 e. The van der Waals surface area contributed by atoms with Gasteiger partial charge in [0.05, 0.1) is 17.6 Å². The lowest BCUT2D eigenvalue weighted by Crippen LogP contribution is -2.23. The van der Waals surface area contributed by atoms with Crippen LogP contribution in [0.1, 0.15) is 11.7 Å². The average Bonchev–Trinajstić information content (AvgIpc) is 2.73. The van der Waals surface area contributed by atoms with Gasteiger partial charge in [0.25, 0.3) is 0 Å². The normalized spacial score (nSPS) is 11.7. The van der Waals surface area contributed by atoms with E-state index in [0.717, 1.165) is 4.47 Å². The first-order chi connectivity index (χ1) is 8.47. The van der Waals surface area contributed by atoms with Crippen LogP contribution in [0.4, 0.5) is 0 Å². The van der Waals surface area contributed by atoms with E-state index in [-0.39, 0.29) is 11.4 Å². The molecule has 0 bridgehead atoms. The van der Waals surface area contributed by atoms with E-state index < -0.39 is 10.0 Å². The van der Waals surface area contributed by atoms with Gasteiger partial charge in [-0.2, -0.15) is 0 Å². The lowest BCUT2D eigenvalue weighted by atomic mass is 10.4. The van der Waals surface area contributed by atoms with Gasteiger partial charge in [-0.05, 0) is 31.2 Å². The molecule has 1 aromatic carbocycles. The first-order valence-electron chi connectivity index (χ1n) is 5.14. The van der Waals surface area contributed by atoms with Crippen molar-refractivity contribution in [2.45, 2.75) is 18.4 Å². The summed E-state index contributed by atoms with van der Waals surface area (Å²) in [6.07, 6.45) is 1.54. The van der Waals surface area contributed by atoms with Crippen LogP contribution in [0.25, 0.3) is 0 Å². The number of sulfonamides is 1. The number of nitrogens with one attached hydrogen (secondary N) is 1. The molecule has 0 saturated carbocycles. The van der Waals surface area contributed by atoms with Crippen LogP contribution in [0.3, 0.4) is 0 Å². The van der Waals surface area contributed by atoms with Gasteiger partial charge < -0.3 is 4.42 Å². The highest BCUT2D eigenvalue weighted by atomic mass is 79.9. The summed E-state index contributed by atoms with van der Waals surface area (Å²) in [5, 5.41) is 0. The molecular weight excluding hydrogens is 320 g/mol. The first kappa shape index (κ1) is 13.3. The standard InChI is InChI=1S/C11H11BrN2O3S/c1-8-6-13-11(17-8)7-14-18(15,16)10-4-2-9(12)3-5-10/h2-6,14H,7H2,1H3. The molecule has 0 aliphatic carbocycles. The van der Waals surface area contributed by atoms with Gasteiger partial charge in [-0.1, -0.05) is 15.9 Å². The summed E-state index contributed by atoms with van der Waals surface area (Å²) in [7, 11) is -3.54. The van der Waals surface area contributed by atoms with Crippen LogP contribution in [-0.2, 0) is 16.6 Å². The van der Waals surface area contributed by atoms with Gasteiger partial charge in [0.1, 0.15) is 5.76 Å². The van der Waals surface area contributed by atoms with E-state index in [9.17, 15) is 8.42 Å². The molecule has 1 heterocycles. The molecule has 0 fully saturated rings. The number of hydrogen-bond acceptors (Lipinski definition) is 4. The van der Waals surface area contributed by atoms with Crippen molar-refractivity contribution in [1.82, 2.24) is 9.71 Å². The van der Waals surface area contributed by atoms with E-state index in [0.29, 0.717) is 11.7 Å². The highest BCUT2D eigenvalue weighted by Crippen LogP contribution is 2.14. The zero-order valence-electron chi connectivity index (χ0n) is 9.55. The molecule has 0 aliphatic heterocycles. The second-order valence-electron chi connectivity index (χ2n) is 3.64. The monoisotopic (exact) mass is 330 g/mol. The largest absolute Gasteiger partial charge is 0.445 e. The molecule has 0 saturated heterocycles. The quantitative estimate of drug-likeness (QED) is 0.932. The summed E-state index contributed by atoms with van der Waals surface area (Å²) in [4.78, 5) is 4.13. The van der Waals surface area contributed by atoms with Crippen LogP contribution >= 0.6 is 15.9 Å². The maximum absolute atomic E-state index is 11.9. The van der Waals surface area contributed by atoms with Gasteiger partial charge in [-0.3, -0.25) is 0 Å². The van der Waals surface area contributed by atoms with Crippen molar-refractivity contribution in [3.05, 3.63) is 46.6 Å². The zero-order valence-corrected chi connectivity index (χ0v) is 12.0. The number of hydrogen-bond donors (Lipinski definition) is 1. The number of nitrogens with zero attached hydrogens (tertiary/aromatic N) is 1. The Bertz CT molecular complexity index is 635. The Morgan fingerprint density at radius 2 is 2.00 bits per heavy atom. The van der Waals surface area contributed by atoms with Crippen molar-refractivity contribution in [2.75, 3.05) is 0 Å². The number of oxazole rings is 1.